The van der Waals surface area contributed by atoms with Crippen LogP contribution in [0.5, 0.6) is 5.75 Å². The molecule has 1 atom stereocenters. The first-order valence-electron chi connectivity index (χ1n) is 5.92. The molecule has 2 rings (SSSR count). The summed E-state index contributed by atoms with van der Waals surface area (Å²) in [4.78, 5) is 0. The molecule has 0 bridgehead atoms. The molecule has 1 aliphatic carbocycles. The number of halogens is 3. The first-order valence-corrected chi connectivity index (χ1v) is 5.92. The first kappa shape index (κ1) is 15.2. The molecule has 1 fully saturated rings. The second kappa shape index (κ2) is 6.34. The van der Waals surface area contributed by atoms with Crippen LogP contribution in [0.15, 0.2) is 12.1 Å². The van der Waals surface area contributed by atoms with Crippen LogP contribution in [0.1, 0.15) is 25.3 Å². The molecule has 0 radical (unpaired) electrons. The summed E-state index contributed by atoms with van der Waals surface area (Å²) in [5.41, 5.74) is 6.16. The van der Waals surface area contributed by atoms with Crippen molar-refractivity contribution >= 4 is 12.4 Å². The van der Waals surface area contributed by atoms with E-state index in [1.54, 1.807) is 6.92 Å². The number of nitrogens with two attached hydrogens (primary N) is 1. The summed E-state index contributed by atoms with van der Waals surface area (Å²) >= 11 is 0. The lowest BCUT2D eigenvalue weighted by Crippen LogP contribution is -2.18. The Morgan fingerprint density at radius 2 is 1.89 bits per heavy atom. The number of rotatable bonds is 5. The van der Waals surface area contributed by atoms with Gasteiger partial charge in [-0.25, -0.2) is 8.78 Å². The maximum atomic E-state index is 13.6. The quantitative estimate of drug-likeness (QED) is 0.898. The summed E-state index contributed by atoms with van der Waals surface area (Å²) in [7, 11) is 0. The second-order valence-corrected chi connectivity index (χ2v) is 4.82. The summed E-state index contributed by atoms with van der Waals surface area (Å²) in [6.07, 6.45) is 2.63. The third-order valence-corrected chi connectivity index (χ3v) is 2.78. The largest absolute Gasteiger partial charge is 0.487 e. The topological polar surface area (TPSA) is 35.2 Å². The van der Waals surface area contributed by atoms with Crippen LogP contribution in [-0.2, 0) is 6.42 Å². The second-order valence-electron chi connectivity index (χ2n) is 4.82. The maximum absolute atomic E-state index is 13.6. The fraction of sp³-hybridized carbons (Fsp3) is 0.538. The third kappa shape index (κ3) is 4.10. The molecule has 0 heterocycles. The lowest BCUT2D eigenvalue weighted by molar-refractivity contribution is 0.270. The average molecular weight is 278 g/mol. The molecule has 0 aliphatic heterocycles. The highest BCUT2D eigenvalue weighted by molar-refractivity contribution is 5.85. The van der Waals surface area contributed by atoms with E-state index in [9.17, 15) is 8.78 Å². The van der Waals surface area contributed by atoms with E-state index in [4.69, 9.17) is 10.5 Å². The summed E-state index contributed by atoms with van der Waals surface area (Å²) < 4.78 is 32.4. The smallest absolute Gasteiger partial charge is 0.190 e. The Morgan fingerprint density at radius 3 is 2.33 bits per heavy atom. The zero-order valence-corrected chi connectivity index (χ0v) is 11.1. The molecular weight excluding hydrogens is 260 g/mol. The monoisotopic (exact) mass is 277 g/mol. The van der Waals surface area contributed by atoms with E-state index >= 15 is 0 Å². The van der Waals surface area contributed by atoms with E-state index in [-0.39, 0.29) is 24.2 Å². The molecule has 0 spiro atoms. The van der Waals surface area contributed by atoms with Gasteiger partial charge >= 0.3 is 0 Å². The van der Waals surface area contributed by atoms with Gasteiger partial charge in [0.1, 0.15) is 0 Å². The Bertz CT molecular complexity index is 385. The molecule has 0 saturated heterocycles. The Hall–Kier alpha value is -0.870. The molecule has 2 nitrogen and oxygen atoms in total. The van der Waals surface area contributed by atoms with Gasteiger partial charge in [0, 0.05) is 6.04 Å². The van der Waals surface area contributed by atoms with Crippen LogP contribution in [0.3, 0.4) is 0 Å². The predicted molar refractivity (Wildman–Crippen MR) is 69.2 cm³/mol. The van der Waals surface area contributed by atoms with Gasteiger partial charge in [0.15, 0.2) is 17.4 Å². The van der Waals surface area contributed by atoms with Crippen LogP contribution in [-0.4, -0.2) is 12.6 Å². The molecule has 0 aromatic heterocycles. The summed E-state index contributed by atoms with van der Waals surface area (Å²) in [5.74, 6) is -1.06. The van der Waals surface area contributed by atoms with E-state index in [0.717, 1.165) is 12.8 Å². The molecule has 2 N–H and O–H groups in total. The standard InChI is InChI=1S/C13H17F2NO.ClH/c1-8(16)4-10-5-11(14)13(12(15)6-10)17-7-9-2-3-9;/h5-6,8-9H,2-4,7,16H2,1H3;1H. The van der Waals surface area contributed by atoms with Gasteiger partial charge in [0.2, 0.25) is 0 Å². The minimum Gasteiger partial charge on any atom is -0.487 e. The molecule has 102 valence electrons. The van der Waals surface area contributed by atoms with E-state index in [1.165, 1.54) is 12.1 Å². The van der Waals surface area contributed by atoms with Crippen molar-refractivity contribution in [1.82, 2.24) is 0 Å². The van der Waals surface area contributed by atoms with Crippen molar-refractivity contribution < 1.29 is 13.5 Å². The minimum absolute atomic E-state index is 0. The molecule has 5 heteroatoms. The molecule has 1 saturated carbocycles. The number of hydrogen-bond acceptors (Lipinski definition) is 2. The van der Waals surface area contributed by atoms with Crippen LogP contribution in [0.25, 0.3) is 0 Å². The van der Waals surface area contributed by atoms with E-state index in [2.05, 4.69) is 0 Å². The van der Waals surface area contributed by atoms with Crippen molar-refractivity contribution in [3.63, 3.8) is 0 Å². The number of hydrogen-bond donors (Lipinski definition) is 1. The highest BCUT2D eigenvalue weighted by Crippen LogP contribution is 2.31. The van der Waals surface area contributed by atoms with Crippen molar-refractivity contribution in [3.8, 4) is 5.75 Å². The zero-order chi connectivity index (χ0) is 12.4. The van der Waals surface area contributed by atoms with E-state index < -0.39 is 11.6 Å². The van der Waals surface area contributed by atoms with Crippen molar-refractivity contribution in [2.75, 3.05) is 6.61 Å². The molecule has 1 aliphatic rings. The lowest BCUT2D eigenvalue weighted by Gasteiger charge is -2.11. The summed E-state index contributed by atoms with van der Waals surface area (Å²) in [6.45, 7) is 2.20. The van der Waals surface area contributed by atoms with Gasteiger partial charge in [-0.2, -0.15) is 0 Å². The molecule has 1 unspecified atom stereocenters. The average Bonchev–Trinajstić information content (AvgIpc) is 2.98. The third-order valence-electron chi connectivity index (χ3n) is 2.78. The fourth-order valence-electron chi connectivity index (χ4n) is 1.73. The molecule has 18 heavy (non-hydrogen) atoms. The number of benzene rings is 1. The van der Waals surface area contributed by atoms with Gasteiger partial charge in [-0.3, -0.25) is 0 Å². The Kier molecular flexibility index (Phi) is 5.35. The van der Waals surface area contributed by atoms with Gasteiger partial charge in [-0.1, -0.05) is 0 Å². The SMILES string of the molecule is CC(N)Cc1cc(F)c(OCC2CC2)c(F)c1.Cl. The summed E-state index contributed by atoms with van der Waals surface area (Å²) in [5, 5.41) is 0. The number of ether oxygens (including phenoxy) is 1. The van der Waals surface area contributed by atoms with Gasteiger partial charge in [0.25, 0.3) is 0 Å². The Labute approximate surface area is 112 Å². The van der Waals surface area contributed by atoms with Crippen molar-refractivity contribution in [2.24, 2.45) is 11.7 Å². The van der Waals surface area contributed by atoms with Crippen molar-refractivity contribution in [2.45, 2.75) is 32.2 Å². The van der Waals surface area contributed by atoms with Gasteiger partial charge < -0.3 is 10.5 Å². The van der Waals surface area contributed by atoms with E-state index in [0.29, 0.717) is 24.5 Å². The van der Waals surface area contributed by atoms with Crippen molar-refractivity contribution in [1.29, 1.82) is 0 Å². The van der Waals surface area contributed by atoms with Crippen LogP contribution in [0.4, 0.5) is 8.78 Å². The maximum Gasteiger partial charge on any atom is 0.190 e. The Balaban J connectivity index is 0.00000162. The Morgan fingerprint density at radius 1 is 1.33 bits per heavy atom. The van der Waals surface area contributed by atoms with Crippen LogP contribution in [0.2, 0.25) is 0 Å². The van der Waals surface area contributed by atoms with Crippen molar-refractivity contribution in [3.05, 3.63) is 29.3 Å². The molecule has 1 aromatic carbocycles. The highest BCUT2D eigenvalue weighted by atomic mass is 35.5. The predicted octanol–water partition coefficient (Wildman–Crippen LogP) is 3.07. The highest BCUT2D eigenvalue weighted by Gasteiger charge is 2.23. The van der Waals surface area contributed by atoms with Gasteiger partial charge in [0.05, 0.1) is 6.61 Å². The minimum atomic E-state index is -0.638. The summed E-state index contributed by atoms with van der Waals surface area (Å²) in [6, 6.07) is 2.48. The first-order chi connectivity index (χ1) is 8.06. The zero-order valence-electron chi connectivity index (χ0n) is 10.3. The fourth-order valence-corrected chi connectivity index (χ4v) is 1.73. The normalized spacial score (nSPS) is 16.0. The molecular formula is C13H18ClF2NO. The van der Waals surface area contributed by atoms with Gasteiger partial charge in [-0.15, -0.1) is 12.4 Å². The molecule has 0 amide bonds. The van der Waals surface area contributed by atoms with E-state index in [1.807, 2.05) is 0 Å². The van der Waals surface area contributed by atoms with Crippen LogP contribution < -0.4 is 10.5 Å². The van der Waals surface area contributed by atoms with Crippen LogP contribution in [0, 0.1) is 17.6 Å². The van der Waals surface area contributed by atoms with Gasteiger partial charge in [-0.05, 0) is 49.8 Å². The molecule has 1 aromatic rings. The van der Waals surface area contributed by atoms with Crippen LogP contribution >= 0.6 is 12.4 Å². The lowest BCUT2D eigenvalue weighted by atomic mass is 10.1.